The van der Waals surface area contributed by atoms with E-state index in [1.807, 2.05) is 0 Å². The van der Waals surface area contributed by atoms with Crippen molar-refractivity contribution in [3.63, 3.8) is 0 Å². The summed E-state index contributed by atoms with van der Waals surface area (Å²) in [4.78, 5) is 19.9. The molecule has 0 atom stereocenters. The molecule has 1 N–H and O–H groups in total. The van der Waals surface area contributed by atoms with E-state index in [9.17, 15) is 31.1 Å². The number of carbonyl (C=O) groups is 1. The molecule has 0 fully saturated rings. The zero-order valence-electron chi connectivity index (χ0n) is 18.2. The fraction of sp³-hybridized carbons (Fsp3) is 0.105. The third-order valence-electron chi connectivity index (χ3n) is 3.84. The number of nitrogens with one attached hydrogen (secondary N) is 1. The van der Waals surface area contributed by atoms with Gasteiger partial charge in [0.25, 0.3) is 5.91 Å². The molecule has 3 rings (SSSR count). The lowest BCUT2D eigenvalue weighted by atomic mass is 10.1. The molecule has 3 aromatic rings. The van der Waals surface area contributed by atoms with Crippen molar-refractivity contribution in [1.29, 1.82) is 0 Å². The maximum atomic E-state index is 15.0. The molecular weight excluding hydrogens is 468 g/mol. The Labute approximate surface area is 185 Å². The summed E-state index contributed by atoms with van der Waals surface area (Å²) in [6, 6.07) is 0.611. The van der Waals surface area contributed by atoms with Crippen molar-refractivity contribution < 1.29 is 44.7 Å². The van der Waals surface area contributed by atoms with Crippen molar-refractivity contribution in [2.45, 2.75) is 6.18 Å². The highest BCUT2D eigenvalue weighted by atomic mass is 35.5. The van der Waals surface area contributed by atoms with Crippen LogP contribution in [0.4, 0.5) is 32.0 Å². The number of amides is 1. The average molecular weight is 481 g/mol. The summed E-state index contributed by atoms with van der Waals surface area (Å²) in [6.45, 7) is 0. The Morgan fingerprint density at radius 2 is 1.69 bits per heavy atom. The maximum Gasteiger partial charge on any atom is 0.418 e. The van der Waals surface area contributed by atoms with Crippen LogP contribution in [0.1, 0.15) is 20.0 Å². The third-order valence-corrected chi connectivity index (χ3v) is 4.21. The van der Waals surface area contributed by atoms with Crippen molar-refractivity contribution in [3.8, 4) is 17.2 Å². The van der Waals surface area contributed by atoms with E-state index in [1.165, 1.54) is 0 Å². The van der Waals surface area contributed by atoms with Gasteiger partial charge >= 0.3 is 6.18 Å². The molecule has 0 aliphatic heterocycles. The van der Waals surface area contributed by atoms with Gasteiger partial charge < -0.3 is 14.8 Å². The molecular formula is C19H10ClF6N3O3. The first kappa shape index (κ1) is 19.2. The number of carbonyl (C=O) groups excluding carboxylic acids is 1. The van der Waals surface area contributed by atoms with Crippen LogP contribution in [0.2, 0.25) is 5.02 Å². The van der Waals surface area contributed by atoms with Crippen LogP contribution in [-0.4, -0.2) is 22.9 Å². The van der Waals surface area contributed by atoms with Gasteiger partial charge in [-0.1, -0.05) is 11.6 Å². The van der Waals surface area contributed by atoms with Crippen LogP contribution >= 0.6 is 11.6 Å². The monoisotopic (exact) mass is 480 g/mol. The van der Waals surface area contributed by atoms with Crippen LogP contribution in [0.5, 0.6) is 17.2 Å². The Kier molecular flexibility index (Phi) is 5.34. The molecule has 168 valence electrons. The fourth-order valence-electron chi connectivity index (χ4n) is 2.45. The fourth-order valence-corrected chi connectivity index (χ4v) is 2.70. The summed E-state index contributed by atoms with van der Waals surface area (Å²) in [7, 11) is -3.22. The summed E-state index contributed by atoms with van der Waals surface area (Å²) >= 11 is 5.51. The van der Waals surface area contributed by atoms with E-state index < -0.39 is 70.0 Å². The van der Waals surface area contributed by atoms with Gasteiger partial charge in [0.05, 0.1) is 39.8 Å². The second-order valence-electron chi connectivity index (χ2n) is 5.92. The number of hydrogen-bond acceptors (Lipinski definition) is 5. The SMILES string of the molecule is [2H]C([2H])([2H])Oc1cc(F)c(F)cc1Oc1cc(C(F)(F)F)c(Cl)c(F)c1C(=O)Nc1cncnc1. The molecule has 6 nitrogen and oxygen atoms in total. The summed E-state index contributed by atoms with van der Waals surface area (Å²) in [6.07, 6.45) is -1.99. The molecule has 1 aromatic heterocycles. The quantitative estimate of drug-likeness (QED) is 0.480. The molecule has 1 heterocycles. The number of benzene rings is 2. The lowest BCUT2D eigenvalue weighted by Crippen LogP contribution is -2.18. The van der Waals surface area contributed by atoms with E-state index in [-0.39, 0.29) is 23.9 Å². The Morgan fingerprint density at radius 1 is 1.06 bits per heavy atom. The summed E-state index contributed by atoms with van der Waals surface area (Å²) in [5.74, 6) is -9.58. The molecule has 1 amide bonds. The van der Waals surface area contributed by atoms with Crippen molar-refractivity contribution in [1.82, 2.24) is 9.97 Å². The van der Waals surface area contributed by atoms with Gasteiger partial charge in [-0.05, 0) is 6.07 Å². The van der Waals surface area contributed by atoms with E-state index in [2.05, 4.69) is 20.0 Å². The molecule has 0 unspecified atom stereocenters. The normalized spacial score (nSPS) is 13.0. The predicted octanol–water partition coefficient (Wildman–Crippen LogP) is 5.62. The van der Waals surface area contributed by atoms with E-state index in [1.54, 1.807) is 0 Å². The first-order valence-corrected chi connectivity index (χ1v) is 8.56. The molecule has 0 saturated carbocycles. The van der Waals surface area contributed by atoms with Crippen molar-refractivity contribution in [3.05, 3.63) is 70.5 Å². The number of rotatable bonds is 5. The standard InChI is InChI=1S/C19H10ClF6N3O3/c1-31-12-3-10(21)11(22)4-13(12)32-14-2-9(19(24,25)26)16(20)17(23)15(14)18(30)29-8-5-27-7-28-6-8/h2-7H,1H3,(H,29,30)/i1D3. The molecule has 0 bridgehead atoms. The van der Waals surface area contributed by atoms with Crippen LogP contribution in [0.3, 0.4) is 0 Å². The average Bonchev–Trinajstić information content (AvgIpc) is 2.73. The lowest BCUT2D eigenvalue weighted by Gasteiger charge is -2.18. The molecule has 32 heavy (non-hydrogen) atoms. The molecule has 0 spiro atoms. The minimum absolute atomic E-state index is 0.0990. The Morgan fingerprint density at radius 3 is 2.28 bits per heavy atom. The highest BCUT2D eigenvalue weighted by Crippen LogP contribution is 2.43. The highest BCUT2D eigenvalue weighted by Gasteiger charge is 2.38. The van der Waals surface area contributed by atoms with Crippen LogP contribution in [0.25, 0.3) is 0 Å². The molecule has 0 aliphatic carbocycles. The van der Waals surface area contributed by atoms with Gasteiger partial charge in [-0.15, -0.1) is 0 Å². The molecule has 2 aromatic carbocycles. The molecule has 0 saturated heterocycles. The van der Waals surface area contributed by atoms with Gasteiger partial charge in [0.15, 0.2) is 29.0 Å². The Balaban J connectivity index is 2.19. The number of hydrogen-bond donors (Lipinski definition) is 1. The maximum absolute atomic E-state index is 15.0. The zero-order valence-corrected chi connectivity index (χ0v) is 16.0. The molecule has 0 aliphatic rings. The van der Waals surface area contributed by atoms with Crippen LogP contribution in [0, 0.1) is 17.5 Å². The van der Waals surface area contributed by atoms with E-state index >= 15 is 0 Å². The number of nitrogens with zero attached hydrogens (tertiary/aromatic N) is 2. The topological polar surface area (TPSA) is 73.3 Å². The van der Waals surface area contributed by atoms with Gasteiger partial charge in [-0.2, -0.15) is 13.2 Å². The van der Waals surface area contributed by atoms with Gasteiger partial charge in [0, 0.05) is 12.1 Å². The van der Waals surface area contributed by atoms with Crippen molar-refractivity contribution in [2.24, 2.45) is 0 Å². The van der Waals surface area contributed by atoms with Crippen molar-refractivity contribution >= 4 is 23.2 Å². The second kappa shape index (κ2) is 8.91. The first-order valence-electron chi connectivity index (χ1n) is 9.69. The lowest BCUT2D eigenvalue weighted by molar-refractivity contribution is -0.137. The van der Waals surface area contributed by atoms with E-state index in [4.69, 9.17) is 20.5 Å². The van der Waals surface area contributed by atoms with Gasteiger partial charge in [-0.25, -0.2) is 23.1 Å². The van der Waals surface area contributed by atoms with Gasteiger partial charge in [0.1, 0.15) is 17.6 Å². The number of ether oxygens (including phenoxy) is 2. The predicted molar refractivity (Wildman–Crippen MR) is 99.4 cm³/mol. The van der Waals surface area contributed by atoms with Gasteiger partial charge in [-0.3, -0.25) is 4.79 Å². The molecule has 13 heteroatoms. The first-order chi connectivity index (χ1) is 16.2. The summed E-state index contributed by atoms with van der Waals surface area (Å²) < 4.78 is 114. The third kappa shape index (κ3) is 4.69. The number of methoxy groups -OCH3 is 1. The summed E-state index contributed by atoms with van der Waals surface area (Å²) in [5.41, 5.74) is -3.05. The van der Waals surface area contributed by atoms with Gasteiger partial charge in [0.2, 0.25) is 0 Å². The smallest absolute Gasteiger partial charge is 0.418 e. The number of alkyl halides is 3. The van der Waals surface area contributed by atoms with Crippen LogP contribution in [0.15, 0.2) is 36.9 Å². The number of halogens is 7. The van der Waals surface area contributed by atoms with E-state index in [0.717, 1.165) is 18.7 Å². The minimum Gasteiger partial charge on any atom is -0.493 e. The van der Waals surface area contributed by atoms with Crippen molar-refractivity contribution in [2.75, 3.05) is 12.4 Å². The number of anilines is 1. The van der Waals surface area contributed by atoms with E-state index in [0.29, 0.717) is 0 Å². The van der Waals surface area contributed by atoms with Crippen LogP contribution in [-0.2, 0) is 6.18 Å². The Hall–Kier alpha value is -3.54. The van der Waals surface area contributed by atoms with Crippen LogP contribution < -0.4 is 14.8 Å². The highest BCUT2D eigenvalue weighted by molar-refractivity contribution is 6.32. The number of aromatic nitrogens is 2. The summed E-state index contributed by atoms with van der Waals surface area (Å²) in [5, 5.41) is 0.622. The minimum atomic E-state index is -5.23. The zero-order chi connectivity index (χ0) is 26.1. The Bertz CT molecular complexity index is 1280. The second-order valence-corrected chi connectivity index (χ2v) is 6.30. The molecule has 0 radical (unpaired) electrons. The largest absolute Gasteiger partial charge is 0.493 e.